The molecule has 7 heteroatoms. The molecular formula is C13H15ClFNO4. The highest BCUT2D eigenvalue weighted by Gasteiger charge is 2.31. The van der Waals surface area contributed by atoms with E-state index in [1.807, 2.05) is 0 Å². The number of carbonyl (C=O) groups is 1. The van der Waals surface area contributed by atoms with Crippen molar-refractivity contribution >= 4 is 17.7 Å². The number of rotatable bonds is 2. The van der Waals surface area contributed by atoms with Crippen molar-refractivity contribution in [3.8, 4) is 0 Å². The van der Waals surface area contributed by atoms with E-state index >= 15 is 0 Å². The number of carboxylic acid groups (broad SMARTS) is 1. The summed E-state index contributed by atoms with van der Waals surface area (Å²) < 4.78 is 19.1. The second-order valence-corrected chi connectivity index (χ2v) is 5.04. The number of ether oxygens (including phenoxy) is 1. The van der Waals surface area contributed by atoms with Crippen LogP contribution in [0.2, 0.25) is 5.02 Å². The summed E-state index contributed by atoms with van der Waals surface area (Å²) in [5.41, 5.74) is 0.540. The van der Waals surface area contributed by atoms with E-state index in [2.05, 4.69) is 0 Å². The van der Waals surface area contributed by atoms with Crippen LogP contribution < -0.4 is 0 Å². The first-order valence-electron chi connectivity index (χ1n) is 6.18. The maximum atomic E-state index is 13.5. The molecule has 0 aliphatic carbocycles. The second-order valence-electron chi connectivity index (χ2n) is 4.64. The summed E-state index contributed by atoms with van der Waals surface area (Å²) in [6.45, 7) is 0.301. The van der Waals surface area contributed by atoms with Crippen molar-refractivity contribution < 1.29 is 24.1 Å². The van der Waals surface area contributed by atoms with Gasteiger partial charge in [-0.25, -0.2) is 9.18 Å². The third-order valence-electron chi connectivity index (χ3n) is 3.32. The number of amides is 1. The molecule has 1 aliphatic heterocycles. The molecule has 0 aromatic heterocycles. The van der Waals surface area contributed by atoms with E-state index < -0.39 is 23.9 Å². The lowest BCUT2D eigenvalue weighted by molar-refractivity contribution is 0.0112. The largest absolute Gasteiger partial charge is 0.465 e. The third kappa shape index (κ3) is 3.20. The van der Waals surface area contributed by atoms with Gasteiger partial charge in [0.2, 0.25) is 0 Å². The third-order valence-corrected chi connectivity index (χ3v) is 3.63. The van der Waals surface area contributed by atoms with Crippen molar-refractivity contribution in [2.75, 3.05) is 26.3 Å². The summed E-state index contributed by atoms with van der Waals surface area (Å²) in [5.74, 6) is -1.02. The van der Waals surface area contributed by atoms with E-state index in [4.69, 9.17) is 21.4 Å². The van der Waals surface area contributed by atoms with Gasteiger partial charge in [0.15, 0.2) is 0 Å². The second kappa shape index (κ2) is 6.39. The molecule has 1 saturated heterocycles. The van der Waals surface area contributed by atoms with Crippen molar-refractivity contribution in [3.05, 3.63) is 34.6 Å². The first-order chi connectivity index (χ1) is 9.52. The quantitative estimate of drug-likeness (QED) is 0.878. The van der Waals surface area contributed by atoms with Gasteiger partial charge in [-0.3, -0.25) is 0 Å². The summed E-state index contributed by atoms with van der Waals surface area (Å²) >= 11 is 5.64. The Labute approximate surface area is 120 Å². The first kappa shape index (κ1) is 15.0. The minimum Gasteiger partial charge on any atom is -0.465 e. The van der Waals surface area contributed by atoms with Crippen LogP contribution in [-0.2, 0) is 4.74 Å². The molecule has 2 atom stereocenters. The Balaban J connectivity index is 2.24. The van der Waals surface area contributed by atoms with Gasteiger partial charge in [-0.2, -0.15) is 0 Å². The fourth-order valence-electron chi connectivity index (χ4n) is 2.28. The van der Waals surface area contributed by atoms with Gasteiger partial charge in [0.05, 0.1) is 24.3 Å². The highest BCUT2D eigenvalue weighted by Crippen LogP contribution is 2.31. The fraction of sp³-hybridized carbons (Fsp3) is 0.462. The number of hydrogen-bond donors (Lipinski definition) is 2. The SMILES string of the molecule is O=C(O)N1CCOC(c2ccc(Cl)c(F)c2)C(CO)C1. The zero-order valence-corrected chi connectivity index (χ0v) is 11.4. The molecule has 1 amide bonds. The predicted octanol–water partition coefficient (Wildman–Crippen LogP) is 2.14. The van der Waals surface area contributed by atoms with Crippen LogP contribution in [0.4, 0.5) is 9.18 Å². The number of halogens is 2. The van der Waals surface area contributed by atoms with Crippen LogP contribution in [0.3, 0.4) is 0 Å². The normalized spacial score (nSPS) is 23.4. The maximum Gasteiger partial charge on any atom is 0.407 e. The van der Waals surface area contributed by atoms with Crippen molar-refractivity contribution in [2.24, 2.45) is 5.92 Å². The van der Waals surface area contributed by atoms with Crippen LogP contribution in [-0.4, -0.2) is 47.5 Å². The molecule has 110 valence electrons. The maximum absolute atomic E-state index is 13.5. The molecule has 1 fully saturated rings. The van der Waals surface area contributed by atoms with E-state index in [1.165, 1.54) is 17.0 Å². The summed E-state index contributed by atoms with van der Waals surface area (Å²) in [4.78, 5) is 12.2. The molecule has 1 heterocycles. The number of nitrogens with zero attached hydrogens (tertiary/aromatic N) is 1. The number of hydrogen-bond acceptors (Lipinski definition) is 3. The van der Waals surface area contributed by atoms with Gasteiger partial charge in [-0.05, 0) is 17.7 Å². The smallest absolute Gasteiger partial charge is 0.407 e. The number of aliphatic hydroxyl groups excluding tert-OH is 1. The molecule has 0 radical (unpaired) electrons. The molecule has 2 N–H and O–H groups in total. The Bertz CT molecular complexity index is 499. The van der Waals surface area contributed by atoms with E-state index in [0.29, 0.717) is 5.56 Å². The van der Waals surface area contributed by atoms with E-state index in [0.717, 1.165) is 0 Å². The molecule has 1 aromatic carbocycles. The van der Waals surface area contributed by atoms with E-state index in [1.54, 1.807) is 6.07 Å². The molecule has 2 unspecified atom stereocenters. The van der Waals surface area contributed by atoms with Crippen LogP contribution >= 0.6 is 11.6 Å². The van der Waals surface area contributed by atoms with Gasteiger partial charge in [0.1, 0.15) is 5.82 Å². The van der Waals surface area contributed by atoms with Crippen molar-refractivity contribution in [1.82, 2.24) is 4.90 Å². The molecule has 0 saturated carbocycles. The molecule has 1 aromatic rings. The minimum atomic E-state index is -1.06. The topological polar surface area (TPSA) is 70.0 Å². The van der Waals surface area contributed by atoms with Gasteiger partial charge in [0, 0.05) is 19.0 Å². The lowest BCUT2D eigenvalue weighted by Gasteiger charge is -2.25. The van der Waals surface area contributed by atoms with Gasteiger partial charge in [-0.1, -0.05) is 17.7 Å². The fourth-order valence-corrected chi connectivity index (χ4v) is 2.40. The first-order valence-corrected chi connectivity index (χ1v) is 6.56. The van der Waals surface area contributed by atoms with E-state index in [9.17, 15) is 14.3 Å². The monoisotopic (exact) mass is 303 g/mol. The Morgan fingerprint density at radius 1 is 1.55 bits per heavy atom. The zero-order chi connectivity index (χ0) is 14.7. The van der Waals surface area contributed by atoms with Crippen LogP contribution in [0.15, 0.2) is 18.2 Å². The minimum absolute atomic E-state index is 0.00934. The standard InChI is InChI=1S/C13H15ClFNO4/c14-10-2-1-8(5-11(10)15)12-9(7-17)6-16(13(18)19)3-4-20-12/h1-2,5,9,12,17H,3-4,6-7H2,(H,18,19). The number of aliphatic hydroxyl groups is 1. The highest BCUT2D eigenvalue weighted by atomic mass is 35.5. The zero-order valence-electron chi connectivity index (χ0n) is 10.6. The van der Waals surface area contributed by atoms with Crippen LogP contribution in [0.5, 0.6) is 0 Å². The van der Waals surface area contributed by atoms with Crippen molar-refractivity contribution in [2.45, 2.75) is 6.10 Å². The van der Waals surface area contributed by atoms with Crippen molar-refractivity contribution in [3.63, 3.8) is 0 Å². The van der Waals surface area contributed by atoms with Gasteiger partial charge in [0.25, 0.3) is 0 Å². The molecule has 1 aliphatic rings. The molecule has 5 nitrogen and oxygen atoms in total. The van der Waals surface area contributed by atoms with Crippen LogP contribution in [0.1, 0.15) is 11.7 Å². The average Bonchev–Trinajstić information content (AvgIpc) is 2.64. The van der Waals surface area contributed by atoms with E-state index in [-0.39, 0.29) is 31.3 Å². The molecule has 0 spiro atoms. The van der Waals surface area contributed by atoms with Crippen molar-refractivity contribution in [1.29, 1.82) is 0 Å². The summed E-state index contributed by atoms with van der Waals surface area (Å²) in [6, 6.07) is 4.30. The molecule has 20 heavy (non-hydrogen) atoms. The van der Waals surface area contributed by atoms with Gasteiger partial charge in [-0.15, -0.1) is 0 Å². The molecule has 2 rings (SSSR count). The summed E-state index contributed by atoms with van der Waals surface area (Å²) in [7, 11) is 0. The lowest BCUT2D eigenvalue weighted by atomic mass is 9.96. The summed E-state index contributed by atoms with van der Waals surface area (Å²) in [5, 5.41) is 18.5. The number of benzene rings is 1. The van der Waals surface area contributed by atoms with Crippen LogP contribution in [0.25, 0.3) is 0 Å². The highest BCUT2D eigenvalue weighted by molar-refractivity contribution is 6.30. The predicted molar refractivity (Wildman–Crippen MR) is 70.3 cm³/mol. The van der Waals surface area contributed by atoms with Gasteiger partial charge >= 0.3 is 6.09 Å². The molecular weight excluding hydrogens is 289 g/mol. The van der Waals surface area contributed by atoms with Crippen LogP contribution in [0, 0.1) is 11.7 Å². The summed E-state index contributed by atoms with van der Waals surface area (Å²) in [6.07, 6.45) is -1.62. The average molecular weight is 304 g/mol. The Kier molecular flexibility index (Phi) is 4.80. The Hall–Kier alpha value is -1.37. The lowest BCUT2D eigenvalue weighted by Crippen LogP contribution is -2.36. The van der Waals surface area contributed by atoms with Gasteiger partial charge < -0.3 is 19.8 Å². The Morgan fingerprint density at radius 2 is 2.30 bits per heavy atom. The Morgan fingerprint density at radius 3 is 2.90 bits per heavy atom. The molecule has 0 bridgehead atoms.